The second-order valence-corrected chi connectivity index (χ2v) is 6.15. The number of hydrogen-bond acceptors (Lipinski definition) is 3. The predicted molar refractivity (Wildman–Crippen MR) is 93.8 cm³/mol. The standard InChI is InChI=1S/C19H25N3/c20-18-8-4-5-9-19(18)22-17-12-10-16(11-13-17)21-14-15-6-2-1-3-7-15/h1-9,16-17,21-22H,10-14,20H2/t16-,17-. The molecule has 116 valence electrons. The van der Waals surface area contributed by atoms with Crippen LogP contribution in [0.15, 0.2) is 54.6 Å². The molecule has 2 aromatic rings. The molecule has 0 unspecified atom stereocenters. The van der Waals surface area contributed by atoms with Gasteiger partial charge in [-0.25, -0.2) is 0 Å². The Morgan fingerprint density at radius 2 is 1.45 bits per heavy atom. The van der Waals surface area contributed by atoms with Crippen LogP contribution >= 0.6 is 0 Å². The fraction of sp³-hybridized carbons (Fsp3) is 0.368. The van der Waals surface area contributed by atoms with Gasteiger partial charge in [0.25, 0.3) is 0 Å². The Morgan fingerprint density at radius 3 is 2.18 bits per heavy atom. The van der Waals surface area contributed by atoms with E-state index in [9.17, 15) is 0 Å². The molecule has 4 N–H and O–H groups in total. The van der Waals surface area contributed by atoms with Crippen molar-refractivity contribution in [2.45, 2.75) is 44.3 Å². The molecule has 0 bridgehead atoms. The first-order valence-electron chi connectivity index (χ1n) is 8.19. The van der Waals surface area contributed by atoms with Crippen LogP contribution in [0.3, 0.4) is 0 Å². The van der Waals surface area contributed by atoms with Gasteiger partial charge in [0.15, 0.2) is 0 Å². The third-order valence-corrected chi connectivity index (χ3v) is 4.49. The largest absolute Gasteiger partial charge is 0.397 e. The van der Waals surface area contributed by atoms with E-state index in [1.807, 2.05) is 18.2 Å². The molecular formula is C19H25N3. The van der Waals surface area contributed by atoms with Crippen molar-refractivity contribution in [2.75, 3.05) is 11.1 Å². The summed E-state index contributed by atoms with van der Waals surface area (Å²) in [7, 11) is 0. The minimum absolute atomic E-state index is 0.541. The molecule has 1 saturated carbocycles. The zero-order valence-corrected chi connectivity index (χ0v) is 13.0. The highest BCUT2D eigenvalue weighted by Crippen LogP contribution is 2.25. The van der Waals surface area contributed by atoms with Gasteiger partial charge in [-0.3, -0.25) is 0 Å². The number of rotatable bonds is 5. The van der Waals surface area contributed by atoms with E-state index in [0.717, 1.165) is 17.9 Å². The van der Waals surface area contributed by atoms with Crippen molar-refractivity contribution in [1.82, 2.24) is 5.32 Å². The van der Waals surface area contributed by atoms with E-state index in [4.69, 9.17) is 5.73 Å². The summed E-state index contributed by atoms with van der Waals surface area (Å²) in [5.41, 5.74) is 9.28. The summed E-state index contributed by atoms with van der Waals surface area (Å²) in [5, 5.41) is 7.27. The van der Waals surface area contributed by atoms with E-state index >= 15 is 0 Å². The number of anilines is 2. The first-order chi connectivity index (χ1) is 10.8. The number of para-hydroxylation sites is 2. The maximum atomic E-state index is 6.00. The van der Waals surface area contributed by atoms with Gasteiger partial charge in [-0.05, 0) is 43.4 Å². The van der Waals surface area contributed by atoms with Gasteiger partial charge in [0, 0.05) is 18.6 Å². The summed E-state index contributed by atoms with van der Waals surface area (Å²) in [4.78, 5) is 0. The van der Waals surface area contributed by atoms with Crippen molar-refractivity contribution in [3.8, 4) is 0 Å². The van der Waals surface area contributed by atoms with E-state index in [2.05, 4.69) is 47.0 Å². The number of nitrogen functional groups attached to an aromatic ring is 1. The molecule has 1 aliphatic rings. The zero-order chi connectivity index (χ0) is 15.2. The number of nitrogens with two attached hydrogens (primary N) is 1. The molecule has 2 aromatic carbocycles. The number of benzene rings is 2. The molecular weight excluding hydrogens is 270 g/mol. The third kappa shape index (κ3) is 4.01. The quantitative estimate of drug-likeness (QED) is 0.736. The molecule has 0 amide bonds. The van der Waals surface area contributed by atoms with Gasteiger partial charge in [-0.2, -0.15) is 0 Å². The molecule has 0 aromatic heterocycles. The van der Waals surface area contributed by atoms with Crippen LogP contribution in [0.5, 0.6) is 0 Å². The molecule has 1 fully saturated rings. The first-order valence-corrected chi connectivity index (χ1v) is 8.19. The topological polar surface area (TPSA) is 50.1 Å². The van der Waals surface area contributed by atoms with Crippen molar-refractivity contribution >= 4 is 11.4 Å². The van der Waals surface area contributed by atoms with Crippen LogP contribution in [-0.4, -0.2) is 12.1 Å². The van der Waals surface area contributed by atoms with Crippen molar-refractivity contribution in [3.05, 3.63) is 60.2 Å². The van der Waals surface area contributed by atoms with Crippen LogP contribution in [0.4, 0.5) is 11.4 Å². The molecule has 0 saturated heterocycles. The van der Waals surface area contributed by atoms with Crippen LogP contribution in [-0.2, 0) is 6.54 Å². The summed E-state index contributed by atoms with van der Waals surface area (Å²) in [6.45, 7) is 0.967. The SMILES string of the molecule is Nc1ccccc1N[C@H]1CC[C@H](NCc2ccccc2)CC1. The average molecular weight is 295 g/mol. The lowest BCUT2D eigenvalue weighted by Crippen LogP contribution is -2.36. The first kappa shape index (κ1) is 14.9. The lowest BCUT2D eigenvalue weighted by molar-refractivity contribution is 0.353. The molecule has 1 aliphatic carbocycles. The van der Waals surface area contributed by atoms with Crippen molar-refractivity contribution in [2.24, 2.45) is 0 Å². The second-order valence-electron chi connectivity index (χ2n) is 6.15. The Morgan fingerprint density at radius 1 is 0.818 bits per heavy atom. The lowest BCUT2D eigenvalue weighted by atomic mass is 9.90. The highest BCUT2D eigenvalue weighted by molar-refractivity contribution is 5.65. The van der Waals surface area contributed by atoms with Gasteiger partial charge in [-0.1, -0.05) is 42.5 Å². The second kappa shape index (κ2) is 7.32. The van der Waals surface area contributed by atoms with E-state index in [1.165, 1.54) is 31.2 Å². The van der Waals surface area contributed by atoms with Crippen molar-refractivity contribution in [3.63, 3.8) is 0 Å². The van der Waals surface area contributed by atoms with Crippen LogP contribution < -0.4 is 16.4 Å². The maximum absolute atomic E-state index is 6.00. The molecule has 0 heterocycles. The van der Waals surface area contributed by atoms with Gasteiger partial charge < -0.3 is 16.4 Å². The van der Waals surface area contributed by atoms with E-state index < -0.39 is 0 Å². The lowest BCUT2D eigenvalue weighted by Gasteiger charge is -2.30. The predicted octanol–water partition coefficient (Wildman–Crippen LogP) is 3.78. The Labute approximate surface area is 132 Å². The zero-order valence-electron chi connectivity index (χ0n) is 13.0. The fourth-order valence-corrected chi connectivity index (χ4v) is 3.15. The van der Waals surface area contributed by atoms with E-state index in [-0.39, 0.29) is 0 Å². The number of nitrogens with one attached hydrogen (secondary N) is 2. The highest BCUT2D eigenvalue weighted by Gasteiger charge is 2.20. The maximum Gasteiger partial charge on any atom is 0.0576 e. The summed E-state index contributed by atoms with van der Waals surface area (Å²) in [6.07, 6.45) is 4.83. The molecule has 22 heavy (non-hydrogen) atoms. The van der Waals surface area contributed by atoms with Gasteiger partial charge in [0.1, 0.15) is 0 Å². The average Bonchev–Trinajstić information content (AvgIpc) is 2.57. The summed E-state index contributed by atoms with van der Waals surface area (Å²) >= 11 is 0. The molecule has 3 heteroatoms. The third-order valence-electron chi connectivity index (χ3n) is 4.49. The molecule has 3 nitrogen and oxygen atoms in total. The minimum atomic E-state index is 0.541. The van der Waals surface area contributed by atoms with Crippen LogP contribution in [0.2, 0.25) is 0 Å². The Kier molecular flexibility index (Phi) is 4.96. The molecule has 0 atom stereocenters. The molecule has 3 rings (SSSR count). The summed E-state index contributed by atoms with van der Waals surface area (Å²) < 4.78 is 0. The number of hydrogen-bond donors (Lipinski definition) is 3. The normalized spacial score (nSPS) is 21.5. The van der Waals surface area contributed by atoms with Gasteiger partial charge >= 0.3 is 0 Å². The van der Waals surface area contributed by atoms with Crippen molar-refractivity contribution in [1.29, 1.82) is 0 Å². The van der Waals surface area contributed by atoms with E-state index in [1.54, 1.807) is 0 Å². The van der Waals surface area contributed by atoms with Crippen LogP contribution in [0.1, 0.15) is 31.2 Å². The molecule has 0 spiro atoms. The van der Waals surface area contributed by atoms with Gasteiger partial charge in [0.2, 0.25) is 0 Å². The van der Waals surface area contributed by atoms with Crippen LogP contribution in [0, 0.1) is 0 Å². The monoisotopic (exact) mass is 295 g/mol. The summed E-state index contributed by atoms with van der Waals surface area (Å²) in [6, 6.07) is 19.8. The van der Waals surface area contributed by atoms with Gasteiger partial charge in [0.05, 0.1) is 11.4 Å². The smallest absolute Gasteiger partial charge is 0.0576 e. The molecule has 0 aliphatic heterocycles. The van der Waals surface area contributed by atoms with Crippen LogP contribution in [0.25, 0.3) is 0 Å². The Hall–Kier alpha value is -2.00. The minimum Gasteiger partial charge on any atom is -0.397 e. The summed E-state index contributed by atoms with van der Waals surface area (Å²) in [5.74, 6) is 0. The fourth-order valence-electron chi connectivity index (χ4n) is 3.15. The Bertz CT molecular complexity index is 574. The van der Waals surface area contributed by atoms with E-state index in [0.29, 0.717) is 12.1 Å². The molecule has 0 radical (unpaired) electrons. The Balaban J connectivity index is 1.44. The van der Waals surface area contributed by atoms with Crippen molar-refractivity contribution < 1.29 is 0 Å². The van der Waals surface area contributed by atoms with Gasteiger partial charge in [-0.15, -0.1) is 0 Å². The highest BCUT2D eigenvalue weighted by atomic mass is 15.0.